The van der Waals surface area contributed by atoms with Gasteiger partial charge < -0.3 is 5.11 Å². The molecule has 2 unspecified atom stereocenters. The van der Waals surface area contributed by atoms with Crippen molar-refractivity contribution in [1.82, 2.24) is 0 Å². The number of allylic oxidation sites excluding steroid dienone is 5. The largest absolute Gasteiger partial charge is 0.393 e. The molecule has 34 heavy (non-hydrogen) atoms. The first-order chi connectivity index (χ1) is 15.6. The number of hydrogen-bond acceptors (Lipinski definition) is 3. The van der Waals surface area contributed by atoms with Crippen LogP contribution in [0.4, 0.5) is 4.39 Å². The summed E-state index contributed by atoms with van der Waals surface area (Å²) in [4.78, 5) is 0. The molecule has 0 aromatic rings. The molecular weight excluding hydrogens is 447 g/mol. The van der Waals surface area contributed by atoms with Crippen LogP contribution in [0.5, 0.6) is 0 Å². The summed E-state index contributed by atoms with van der Waals surface area (Å²) < 4.78 is 39.6. The average molecular weight is 493 g/mol. The van der Waals surface area contributed by atoms with Gasteiger partial charge in [-0.15, -0.1) is 0 Å². The normalized spacial score (nSPS) is 36.1. The van der Waals surface area contributed by atoms with E-state index in [9.17, 15) is 13.5 Å². The van der Waals surface area contributed by atoms with E-state index >= 15 is 4.39 Å². The summed E-state index contributed by atoms with van der Waals surface area (Å²) in [7, 11) is -3.96. The molecular formula is C29H45FO3S. The lowest BCUT2D eigenvalue weighted by Gasteiger charge is -2.44. The number of rotatable bonds is 5. The molecule has 0 aliphatic heterocycles. The number of alkyl halides is 1. The molecule has 0 bridgehead atoms. The second kappa shape index (κ2) is 9.69. The van der Waals surface area contributed by atoms with Crippen molar-refractivity contribution in [1.29, 1.82) is 0 Å². The summed E-state index contributed by atoms with van der Waals surface area (Å²) in [6.07, 6.45) is 15.2. The van der Waals surface area contributed by atoms with Gasteiger partial charge in [-0.05, 0) is 114 Å². The van der Waals surface area contributed by atoms with Crippen molar-refractivity contribution in [3.63, 3.8) is 0 Å². The van der Waals surface area contributed by atoms with Gasteiger partial charge in [0.1, 0.15) is 0 Å². The fourth-order valence-corrected chi connectivity index (χ4v) is 8.14. The second-order valence-electron chi connectivity index (χ2n) is 12.3. The van der Waals surface area contributed by atoms with Crippen molar-refractivity contribution in [2.75, 3.05) is 0 Å². The molecule has 0 radical (unpaired) electrons. The summed E-state index contributed by atoms with van der Waals surface area (Å²) in [6.45, 7) is 14.5. The fourth-order valence-electron chi connectivity index (χ4n) is 6.68. The number of halogens is 1. The predicted octanol–water partition coefficient (Wildman–Crippen LogP) is 7.25. The van der Waals surface area contributed by atoms with Crippen LogP contribution in [0.2, 0.25) is 0 Å². The van der Waals surface area contributed by atoms with Gasteiger partial charge >= 0.3 is 0 Å². The van der Waals surface area contributed by atoms with Crippen molar-refractivity contribution >= 4 is 9.84 Å². The van der Waals surface area contributed by atoms with E-state index < -0.39 is 19.6 Å². The molecule has 0 aromatic heterocycles. The minimum Gasteiger partial charge on any atom is -0.393 e. The van der Waals surface area contributed by atoms with Gasteiger partial charge in [-0.25, -0.2) is 12.8 Å². The molecule has 5 heteroatoms. The van der Waals surface area contributed by atoms with Crippen LogP contribution in [0.1, 0.15) is 92.9 Å². The maximum absolute atomic E-state index is 15.3. The Balaban J connectivity index is 1.79. The third kappa shape index (κ3) is 5.16. The van der Waals surface area contributed by atoms with E-state index in [4.69, 9.17) is 0 Å². The first-order valence-corrected chi connectivity index (χ1v) is 14.5. The highest BCUT2D eigenvalue weighted by atomic mass is 32.2. The zero-order valence-electron chi connectivity index (χ0n) is 22.0. The maximum Gasteiger partial charge on any atom is 0.226 e. The van der Waals surface area contributed by atoms with Gasteiger partial charge in [0.2, 0.25) is 5.00 Å². The van der Waals surface area contributed by atoms with E-state index in [2.05, 4.69) is 32.6 Å². The van der Waals surface area contributed by atoms with E-state index in [-0.39, 0.29) is 17.4 Å². The molecule has 3 aliphatic rings. The van der Waals surface area contributed by atoms with Crippen molar-refractivity contribution < 1.29 is 17.9 Å². The van der Waals surface area contributed by atoms with Gasteiger partial charge in [0.25, 0.3) is 0 Å². The van der Waals surface area contributed by atoms with Gasteiger partial charge in [0.15, 0.2) is 9.84 Å². The smallest absolute Gasteiger partial charge is 0.226 e. The van der Waals surface area contributed by atoms with Gasteiger partial charge in [-0.1, -0.05) is 49.8 Å². The lowest BCUT2D eigenvalue weighted by molar-refractivity contribution is 0.112. The summed E-state index contributed by atoms with van der Waals surface area (Å²) in [5, 5.41) is 7.67. The molecule has 0 spiro atoms. The quantitative estimate of drug-likeness (QED) is 0.411. The van der Waals surface area contributed by atoms with Crippen molar-refractivity contribution in [2.24, 2.45) is 23.2 Å². The monoisotopic (exact) mass is 492 g/mol. The summed E-state index contributed by atoms with van der Waals surface area (Å²) in [5.41, 5.74) is 3.93. The molecule has 0 amide bonds. The zero-order chi connectivity index (χ0) is 25.5. The van der Waals surface area contributed by atoms with Crippen molar-refractivity contribution in [2.45, 2.75) is 109 Å². The van der Waals surface area contributed by atoms with Gasteiger partial charge in [-0.2, -0.15) is 0 Å². The second-order valence-corrected chi connectivity index (χ2v) is 15.4. The minimum atomic E-state index is -3.96. The molecule has 1 N–H and O–H groups in total. The molecule has 0 saturated heterocycles. The Morgan fingerprint density at radius 3 is 2.47 bits per heavy atom. The number of fused-ring (bicyclic) bond motifs is 1. The topological polar surface area (TPSA) is 54.4 Å². The molecule has 0 heterocycles. The number of aliphatic hydroxyl groups is 1. The van der Waals surface area contributed by atoms with Crippen LogP contribution in [0.15, 0.2) is 47.6 Å². The third-order valence-electron chi connectivity index (χ3n) is 8.89. The average Bonchev–Trinajstić information content (AvgIpc) is 3.09. The molecule has 3 nitrogen and oxygen atoms in total. The van der Waals surface area contributed by atoms with Crippen LogP contribution in [-0.4, -0.2) is 29.4 Å². The van der Waals surface area contributed by atoms with Crippen molar-refractivity contribution in [3.8, 4) is 0 Å². The summed E-state index contributed by atoms with van der Waals surface area (Å²) in [6, 6.07) is 0. The van der Waals surface area contributed by atoms with Crippen LogP contribution in [-0.2, 0) is 9.84 Å². The highest BCUT2D eigenvalue weighted by molar-refractivity contribution is 7.94. The van der Waals surface area contributed by atoms with Crippen LogP contribution < -0.4 is 0 Å². The minimum absolute atomic E-state index is 0.103. The predicted molar refractivity (Wildman–Crippen MR) is 140 cm³/mol. The van der Waals surface area contributed by atoms with E-state index in [1.165, 1.54) is 24.1 Å². The SMILES string of the molecule is C=C1CC[C@H](O)C/C1=C/C=C1\CCC[C@]2(C)C(C(C)/C=C/[C@@](C)(F)S(=O)(=O)C(C)(C)C)CC[C@@H]12. The Labute approximate surface area is 207 Å². The summed E-state index contributed by atoms with van der Waals surface area (Å²) in [5.74, 6) is 0.992. The van der Waals surface area contributed by atoms with Crippen LogP contribution >= 0.6 is 0 Å². The third-order valence-corrected chi connectivity index (χ3v) is 11.7. The Hall–Kier alpha value is -1.20. The van der Waals surface area contributed by atoms with E-state index in [1.807, 2.05) is 6.08 Å². The lowest BCUT2D eigenvalue weighted by atomic mass is 9.61. The number of hydrogen-bond donors (Lipinski definition) is 1. The van der Waals surface area contributed by atoms with E-state index in [0.717, 1.165) is 50.5 Å². The number of sulfone groups is 1. The highest BCUT2D eigenvalue weighted by Gasteiger charge is 2.51. The van der Waals surface area contributed by atoms with E-state index in [0.29, 0.717) is 18.3 Å². The molecule has 3 fully saturated rings. The van der Waals surface area contributed by atoms with Gasteiger partial charge in [0, 0.05) is 0 Å². The first-order valence-electron chi connectivity index (χ1n) is 13.0. The highest BCUT2D eigenvalue weighted by Crippen LogP contribution is 2.59. The summed E-state index contributed by atoms with van der Waals surface area (Å²) >= 11 is 0. The molecule has 3 rings (SSSR count). The molecule has 6 atom stereocenters. The van der Waals surface area contributed by atoms with E-state index in [1.54, 1.807) is 20.8 Å². The Kier molecular flexibility index (Phi) is 7.80. The number of aliphatic hydroxyl groups excluding tert-OH is 1. The Bertz CT molecular complexity index is 979. The van der Waals surface area contributed by atoms with Crippen molar-refractivity contribution in [3.05, 3.63) is 47.6 Å². The molecule has 3 aliphatic carbocycles. The zero-order valence-corrected chi connectivity index (χ0v) is 22.8. The fraction of sp³-hybridized carbons (Fsp3) is 0.724. The Morgan fingerprint density at radius 2 is 1.82 bits per heavy atom. The lowest BCUT2D eigenvalue weighted by Crippen LogP contribution is -2.42. The van der Waals surface area contributed by atoms with Crippen LogP contribution in [0.3, 0.4) is 0 Å². The van der Waals surface area contributed by atoms with Crippen LogP contribution in [0.25, 0.3) is 0 Å². The molecule has 3 saturated carbocycles. The molecule has 192 valence electrons. The first kappa shape index (κ1) is 27.4. The van der Waals surface area contributed by atoms with Crippen LogP contribution in [0, 0.1) is 23.2 Å². The van der Waals surface area contributed by atoms with Gasteiger partial charge in [0.05, 0.1) is 10.9 Å². The maximum atomic E-state index is 15.3. The standard InChI is InChI=1S/C29H45FO3S/c1-20-10-13-24(31)19-23(20)12-11-22-9-8-17-28(6)25(14-15-26(22)28)21(2)16-18-29(7,30)34(32,33)27(3,4)5/h11-12,16,18,21,24-26,31H,1,8-10,13-15,17,19H2,2-7H3/b18-16+,22-11+,23-12-/t21?,24-,25?,26-,28+,29-/m0/s1. The van der Waals surface area contributed by atoms with Gasteiger partial charge in [-0.3, -0.25) is 0 Å². The molecule has 0 aromatic carbocycles. The Morgan fingerprint density at radius 1 is 1.15 bits per heavy atom.